The molecule has 1 aromatic heterocycles. The largest absolute Gasteiger partial charge is 0.360 e. The van der Waals surface area contributed by atoms with Crippen LogP contribution in [-0.2, 0) is 4.79 Å². The Hall–Kier alpha value is -3.38. The monoisotopic (exact) mass is 451 g/mol. The van der Waals surface area contributed by atoms with Crippen LogP contribution in [0.4, 0.5) is 21.6 Å². The molecular formula is C23H22FN5O2S. The van der Waals surface area contributed by atoms with Gasteiger partial charge in [-0.15, -0.1) is 4.98 Å². The van der Waals surface area contributed by atoms with Gasteiger partial charge in [-0.1, -0.05) is 25.8 Å². The smallest absolute Gasteiger partial charge is 0.272 e. The van der Waals surface area contributed by atoms with Crippen molar-refractivity contribution in [3.63, 3.8) is 0 Å². The maximum absolute atomic E-state index is 14.8. The van der Waals surface area contributed by atoms with Crippen molar-refractivity contribution in [2.45, 2.75) is 44.6 Å². The Balaban J connectivity index is 1.82. The Morgan fingerprint density at radius 1 is 1.25 bits per heavy atom. The van der Waals surface area contributed by atoms with Gasteiger partial charge in [0.05, 0.1) is 11.3 Å². The fraction of sp³-hybridized carbons (Fsp3) is 0.348. The molecule has 32 heavy (non-hydrogen) atoms. The number of hydrogen-bond acceptors (Lipinski definition) is 4. The van der Waals surface area contributed by atoms with Gasteiger partial charge in [0.1, 0.15) is 17.6 Å². The molecule has 7 nitrogen and oxygen atoms in total. The molecule has 9 heteroatoms. The van der Waals surface area contributed by atoms with Crippen molar-refractivity contribution in [2.75, 3.05) is 16.8 Å². The van der Waals surface area contributed by atoms with E-state index in [1.54, 1.807) is 24.0 Å². The van der Waals surface area contributed by atoms with Crippen LogP contribution in [-0.4, -0.2) is 34.5 Å². The summed E-state index contributed by atoms with van der Waals surface area (Å²) in [6.45, 7) is 8.97. The summed E-state index contributed by atoms with van der Waals surface area (Å²) in [5.74, 6) is -1.11. The number of benzene rings is 1. The number of rotatable bonds is 3. The average molecular weight is 452 g/mol. The molecule has 2 fully saturated rings. The SMILES string of the molecule is [C-]#[N+]c1ncc(N2C(=O)C3(CCCCC3)N(c3ccc(C(=O)NC)c(F)c3)C2=S)cc1C. The minimum Gasteiger partial charge on any atom is -0.360 e. The second kappa shape index (κ2) is 8.28. The summed E-state index contributed by atoms with van der Waals surface area (Å²) in [5, 5.41) is 2.66. The summed E-state index contributed by atoms with van der Waals surface area (Å²) in [6.07, 6.45) is 5.37. The number of carbonyl (C=O) groups excluding carboxylic acids is 2. The molecule has 1 N–H and O–H groups in total. The van der Waals surface area contributed by atoms with Gasteiger partial charge >= 0.3 is 0 Å². The third-order valence-corrected chi connectivity index (χ3v) is 6.54. The molecular weight excluding hydrogens is 429 g/mol. The molecule has 1 aliphatic heterocycles. The van der Waals surface area contributed by atoms with Crippen LogP contribution in [0.2, 0.25) is 0 Å². The van der Waals surface area contributed by atoms with E-state index in [0.29, 0.717) is 29.8 Å². The number of aryl methyl sites for hydroxylation is 1. The van der Waals surface area contributed by atoms with Crippen LogP contribution in [0.5, 0.6) is 0 Å². The normalized spacial score (nSPS) is 17.6. The Morgan fingerprint density at radius 2 is 1.97 bits per heavy atom. The van der Waals surface area contributed by atoms with Crippen LogP contribution in [0.3, 0.4) is 0 Å². The predicted molar refractivity (Wildman–Crippen MR) is 123 cm³/mol. The Morgan fingerprint density at radius 3 is 2.56 bits per heavy atom. The zero-order valence-electron chi connectivity index (χ0n) is 17.8. The topological polar surface area (TPSA) is 69.9 Å². The molecule has 4 rings (SSSR count). The molecule has 0 unspecified atom stereocenters. The van der Waals surface area contributed by atoms with Crippen molar-refractivity contribution in [1.29, 1.82) is 0 Å². The first-order valence-corrected chi connectivity index (χ1v) is 10.8. The minimum atomic E-state index is -0.914. The molecule has 0 atom stereocenters. The summed E-state index contributed by atoms with van der Waals surface area (Å²) < 4.78 is 14.8. The average Bonchev–Trinajstić information content (AvgIpc) is 2.99. The van der Waals surface area contributed by atoms with Gasteiger partial charge in [0.25, 0.3) is 17.6 Å². The fourth-order valence-corrected chi connectivity index (χ4v) is 5.06. The predicted octanol–water partition coefficient (Wildman–Crippen LogP) is 4.28. The third-order valence-electron chi connectivity index (χ3n) is 6.18. The molecule has 1 aromatic carbocycles. The Bertz CT molecular complexity index is 1170. The number of anilines is 2. The van der Waals surface area contributed by atoms with Gasteiger partial charge in [-0.05, 0) is 61.8 Å². The van der Waals surface area contributed by atoms with E-state index in [1.165, 1.54) is 30.3 Å². The van der Waals surface area contributed by atoms with Gasteiger partial charge < -0.3 is 15.1 Å². The highest BCUT2D eigenvalue weighted by atomic mass is 32.1. The van der Waals surface area contributed by atoms with E-state index in [4.69, 9.17) is 18.8 Å². The zero-order valence-corrected chi connectivity index (χ0v) is 18.6. The molecule has 2 aliphatic rings. The lowest BCUT2D eigenvalue weighted by atomic mass is 9.80. The third kappa shape index (κ3) is 3.31. The van der Waals surface area contributed by atoms with Gasteiger partial charge in [0, 0.05) is 12.7 Å². The number of aromatic nitrogens is 1. The second-order valence-electron chi connectivity index (χ2n) is 8.04. The summed E-state index contributed by atoms with van der Waals surface area (Å²) in [6, 6.07) is 6.01. The maximum atomic E-state index is 14.8. The summed E-state index contributed by atoms with van der Waals surface area (Å²) >= 11 is 5.75. The number of nitrogens with one attached hydrogen (secondary N) is 1. The van der Waals surface area contributed by atoms with E-state index < -0.39 is 17.3 Å². The number of pyridine rings is 1. The molecule has 0 bridgehead atoms. The standard InChI is InChI=1S/C23H22FN5O2S/c1-14-11-16(13-27-19(14)25-2)28-21(31)23(9-5-4-6-10-23)29(22(28)32)15-7-8-17(18(24)12-15)20(30)26-3/h7-8,11-13H,4-6,9-10H2,1,3H3,(H,26,30). The molecule has 2 amide bonds. The molecule has 1 saturated carbocycles. The fourth-order valence-electron chi connectivity index (χ4n) is 4.59. The van der Waals surface area contributed by atoms with E-state index in [1.807, 2.05) is 0 Å². The lowest BCUT2D eigenvalue weighted by molar-refractivity contribution is -0.122. The van der Waals surface area contributed by atoms with Crippen molar-refractivity contribution >= 4 is 46.3 Å². The number of amides is 2. The van der Waals surface area contributed by atoms with Crippen LogP contribution in [0.15, 0.2) is 30.5 Å². The van der Waals surface area contributed by atoms with Crippen LogP contribution in [0.25, 0.3) is 4.85 Å². The first kappa shape index (κ1) is 21.8. The second-order valence-corrected chi connectivity index (χ2v) is 8.41. The highest BCUT2D eigenvalue weighted by Gasteiger charge is 2.56. The number of carbonyl (C=O) groups is 2. The molecule has 1 saturated heterocycles. The van der Waals surface area contributed by atoms with Crippen molar-refractivity contribution in [1.82, 2.24) is 10.3 Å². The molecule has 0 radical (unpaired) electrons. The van der Waals surface area contributed by atoms with Gasteiger partial charge in [0.15, 0.2) is 5.11 Å². The lowest BCUT2D eigenvalue weighted by Gasteiger charge is -2.39. The maximum Gasteiger partial charge on any atom is 0.272 e. The minimum absolute atomic E-state index is 0.0724. The summed E-state index contributed by atoms with van der Waals surface area (Å²) in [5.41, 5.74) is 0.574. The first-order valence-electron chi connectivity index (χ1n) is 10.4. The van der Waals surface area contributed by atoms with E-state index in [2.05, 4.69) is 15.1 Å². The van der Waals surface area contributed by atoms with E-state index in [0.717, 1.165) is 19.3 Å². The van der Waals surface area contributed by atoms with Gasteiger partial charge in [-0.2, -0.15) is 0 Å². The number of thiocarbonyl (C=S) groups is 1. The molecule has 2 heterocycles. The van der Waals surface area contributed by atoms with E-state index in [-0.39, 0.29) is 22.4 Å². The van der Waals surface area contributed by atoms with Crippen LogP contribution in [0, 0.1) is 19.3 Å². The van der Waals surface area contributed by atoms with Crippen molar-refractivity contribution < 1.29 is 14.0 Å². The van der Waals surface area contributed by atoms with Gasteiger partial charge in [-0.3, -0.25) is 14.5 Å². The van der Waals surface area contributed by atoms with Crippen LogP contribution in [0.1, 0.15) is 48.0 Å². The number of halogens is 1. The number of nitrogens with zero attached hydrogens (tertiary/aromatic N) is 4. The van der Waals surface area contributed by atoms with E-state index >= 15 is 0 Å². The van der Waals surface area contributed by atoms with Crippen LogP contribution < -0.4 is 15.1 Å². The van der Waals surface area contributed by atoms with E-state index in [9.17, 15) is 14.0 Å². The van der Waals surface area contributed by atoms with Gasteiger partial charge in [-0.25, -0.2) is 4.39 Å². The number of hydrogen-bond donors (Lipinski definition) is 1. The summed E-state index contributed by atoms with van der Waals surface area (Å²) in [4.78, 5) is 36.4. The first-order chi connectivity index (χ1) is 15.3. The molecule has 1 aliphatic carbocycles. The summed E-state index contributed by atoms with van der Waals surface area (Å²) in [7, 11) is 1.44. The highest BCUT2D eigenvalue weighted by molar-refractivity contribution is 7.81. The van der Waals surface area contributed by atoms with Crippen LogP contribution >= 0.6 is 12.2 Å². The molecule has 1 spiro atoms. The van der Waals surface area contributed by atoms with Crippen molar-refractivity contribution in [3.05, 3.63) is 58.8 Å². The molecule has 164 valence electrons. The zero-order chi connectivity index (χ0) is 23.0. The lowest BCUT2D eigenvalue weighted by Crippen LogP contribution is -2.51. The highest BCUT2D eigenvalue weighted by Crippen LogP contribution is 2.45. The van der Waals surface area contributed by atoms with Crippen molar-refractivity contribution in [3.8, 4) is 0 Å². The van der Waals surface area contributed by atoms with Crippen molar-refractivity contribution in [2.24, 2.45) is 0 Å². The quantitative estimate of drug-likeness (QED) is 0.557. The Labute approximate surface area is 191 Å². The molecule has 2 aromatic rings. The Kier molecular flexibility index (Phi) is 5.65. The van der Waals surface area contributed by atoms with Gasteiger partial charge in [0.2, 0.25) is 0 Å².